The number of nitrogens with one attached hydrogen (secondary N) is 1. The summed E-state index contributed by atoms with van der Waals surface area (Å²) in [6.45, 7) is 7.98. The lowest BCUT2D eigenvalue weighted by atomic mass is 10.0. The number of fused-ring (bicyclic) bond motifs is 1. The van der Waals surface area contributed by atoms with Crippen molar-refractivity contribution in [2.45, 2.75) is 71.4 Å². The number of carbonyl (C=O) groups excluding carboxylic acids is 1. The fourth-order valence-electron chi connectivity index (χ4n) is 5.16. The minimum absolute atomic E-state index is 0. The van der Waals surface area contributed by atoms with Gasteiger partial charge in [0.1, 0.15) is 11.6 Å². The van der Waals surface area contributed by atoms with Crippen LogP contribution in [-0.4, -0.2) is 28.0 Å². The fraction of sp³-hybridized carbons (Fsp3) is 0.520. The van der Waals surface area contributed by atoms with Gasteiger partial charge in [0, 0.05) is 25.8 Å². The molecule has 1 amide bonds. The zero-order chi connectivity index (χ0) is 22.1. The molecule has 0 bridgehead atoms. The maximum Gasteiger partial charge on any atom is 0.254 e. The number of carbonyl (C=O) groups is 1. The molecule has 2 fully saturated rings. The molecule has 6 heteroatoms. The highest BCUT2D eigenvalue weighted by atomic mass is 16.5. The number of hydrogen-bond donors (Lipinski definition) is 1. The topological polar surface area (TPSA) is 87.9 Å². The Bertz CT molecular complexity index is 979. The second kappa shape index (κ2) is 8.66. The Balaban J connectivity index is 0.00000289. The molecule has 1 N–H and O–H groups in total. The minimum atomic E-state index is -0.0865. The SMILES string of the molecule is Cc1cc(OC2CC3CC(NC(=O)c4cnc(C(C)C)nc4)CC3C2)cc(C)c1C#N.[HH]. The van der Waals surface area contributed by atoms with Crippen LogP contribution in [0.3, 0.4) is 0 Å². The van der Waals surface area contributed by atoms with Gasteiger partial charge in [-0.2, -0.15) is 5.26 Å². The number of amides is 1. The van der Waals surface area contributed by atoms with Gasteiger partial charge in [-0.05, 0) is 74.6 Å². The molecule has 164 valence electrons. The van der Waals surface area contributed by atoms with E-state index >= 15 is 0 Å². The smallest absolute Gasteiger partial charge is 0.254 e. The van der Waals surface area contributed by atoms with Crippen molar-refractivity contribution in [3.8, 4) is 11.8 Å². The van der Waals surface area contributed by atoms with Crippen LogP contribution in [0.4, 0.5) is 0 Å². The lowest BCUT2D eigenvalue weighted by molar-refractivity contribution is 0.0934. The third-order valence-corrected chi connectivity index (χ3v) is 6.68. The van der Waals surface area contributed by atoms with E-state index in [4.69, 9.17) is 4.74 Å². The quantitative estimate of drug-likeness (QED) is 0.757. The Morgan fingerprint density at radius 1 is 1.13 bits per heavy atom. The Hall–Kier alpha value is -2.94. The van der Waals surface area contributed by atoms with Crippen molar-refractivity contribution >= 4 is 5.91 Å². The van der Waals surface area contributed by atoms with Crippen molar-refractivity contribution in [3.05, 3.63) is 52.6 Å². The Labute approximate surface area is 185 Å². The molecule has 1 aromatic carbocycles. The number of benzene rings is 1. The standard InChI is InChI=1S/C25H30N4O2.H2/c1-14(2)24-27-12-19(13-28-24)25(30)29-20-7-17-9-22(10-18(17)8-20)31-21-5-15(3)23(11-26)16(4)6-21;/h5-6,12-14,17-18,20,22H,7-10H2,1-4H3,(H,29,30);1H. The summed E-state index contributed by atoms with van der Waals surface area (Å²) in [6.07, 6.45) is 7.47. The van der Waals surface area contributed by atoms with Gasteiger partial charge < -0.3 is 10.1 Å². The van der Waals surface area contributed by atoms with E-state index in [0.29, 0.717) is 17.4 Å². The number of aromatic nitrogens is 2. The van der Waals surface area contributed by atoms with Crippen LogP contribution >= 0.6 is 0 Å². The van der Waals surface area contributed by atoms with E-state index in [2.05, 4.69) is 21.4 Å². The van der Waals surface area contributed by atoms with Gasteiger partial charge in [0.15, 0.2) is 0 Å². The highest BCUT2D eigenvalue weighted by molar-refractivity contribution is 5.93. The zero-order valence-corrected chi connectivity index (χ0v) is 18.7. The Morgan fingerprint density at radius 3 is 2.23 bits per heavy atom. The predicted octanol–water partition coefficient (Wildman–Crippen LogP) is 4.70. The highest BCUT2D eigenvalue weighted by Gasteiger charge is 2.43. The second-order valence-electron chi connectivity index (χ2n) is 9.40. The molecule has 0 radical (unpaired) electrons. The first-order chi connectivity index (χ1) is 14.8. The summed E-state index contributed by atoms with van der Waals surface area (Å²) in [4.78, 5) is 21.2. The van der Waals surface area contributed by atoms with Crippen LogP contribution in [0.5, 0.6) is 5.75 Å². The second-order valence-corrected chi connectivity index (χ2v) is 9.40. The molecule has 4 rings (SSSR count). The number of aryl methyl sites for hydroxylation is 2. The summed E-state index contributed by atoms with van der Waals surface area (Å²) in [7, 11) is 0. The number of nitriles is 1. The number of rotatable bonds is 5. The summed E-state index contributed by atoms with van der Waals surface area (Å²) in [5.41, 5.74) is 3.18. The number of ether oxygens (including phenoxy) is 1. The predicted molar refractivity (Wildman–Crippen MR) is 120 cm³/mol. The molecule has 0 aliphatic heterocycles. The van der Waals surface area contributed by atoms with Crippen molar-refractivity contribution in [1.29, 1.82) is 5.26 Å². The van der Waals surface area contributed by atoms with Gasteiger partial charge in [-0.3, -0.25) is 4.79 Å². The lowest BCUT2D eigenvalue weighted by Gasteiger charge is -2.19. The van der Waals surface area contributed by atoms with E-state index in [1.54, 1.807) is 12.4 Å². The molecule has 2 aromatic rings. The van der Waals surface area contributed by atoms with E-state index < -0.39 is 0 Å². The van der Waals surface area contributed by atoms with Crippen LogP contribution in [0.25, 0.3) is 0 Å². The molecule has 1 aromatic heterocycles. The van der Waals surface area contributed by atoms with Gasteiger partial charge in [0.25, 0.3) is 5.91 Å². The average Bonchev–Trinajstić information content (AvgIpc) is 3.25. The van der Waals surface area contributed by atoms with E-state index in [9.17, 15) is 10.1 Å². The van der Waals surface area contributed by atoms with Crippen molar-refractivity contribution in [1.82, 2.24) is 15.3 Å². The highest BCUT2D eigenvalue weighted by Crippen LogP contribution is 2.45. The van der Waals surface area contributed by atoms with Gasteiger partial charge in [-0.1, -0.05) is 13.8 Å². The van der Waals surface area contributed by atoms with Crippen molar-refractivity contribution < 1.29 is 11.0 Å². The zero-order valence-electron chi connectivity index (χ0n) is 18.7. The van der Waals surface area contributed by atoms with Crippen molar-refractivity contribution in [2.75, 3.05) is 0 Å². The van der Waals surface area contributed by atoms with E-state index in [0.717, 1.165) is 53.9 Å². The minimum Gasteiger partial charge on any atom is -0.490 e. The molecule has 2 unspecified atom stereocenters. The van der Waals surface area contributed by atoms with Crippen LogP contribution in [0.15, 0.2) is 24.5 Å². The molecule has 2 aliphatic carbocycles. The van der Waals surface area contributed by atoms with Crippen LogP contribution in [0, 0.1) is 37.0 Å². The molecule has 1 heterocycles. The fourth-order valence-corrected chi connectivity index (χ4v) is 5.16. The third kappa shape index (κ3) is 4.56. The maximum atomic E-state index is 12.6. The van der Waals surface area contributed by atoms with Gasteiger partial charge in [-0.25, -0.2) is 9.97 Å². The molecule has 2 aliphatic rings. The molecule has 2 atom stereocenters. The maximum absolute atomic E-state index is 12.6. The molecular formula is C25H32N4O2. The Kier molecular flexibility index (Phi) is 5.95. The molecule has 0 saturated heterocycles. The lowest BCUT2D eigenvalue weighted by Crippen LogP contribution is -2.34. The first kappa shape index (κ1) is 21.3. The molecule has 6 nitrogen and oxygen atoms in total. The van der Waals surface area contributed by atoms with Gasteiger partial charge in [0.05, 0.1) is 23.3 Å². The number of nitrogens with zero attached hydrogens (tertiary/aromatic N) is 3. The summed E-state index contributed by atoms with van der Waals surface area (Å²) in [5, 5.41) is 12.4. The summed E-state index contributed by atoms with van der Waals surface area (Å²) >= 11 is 0. The summed E-state index contributed by atoms with van der Waals surface area (Å²) in [6, 6.07) is 6.40. The summed E-state index contributed by atoms with van der Waals surface area (Å²) < 4.78 is 6.28. The Morgan fingerprint density at radius 2 is 1.71 bits per heavy atom. The third-order valence-electron chi connectivity index (χ3n) is 6.68. The summed E-state index contributed by atoms with van der Waals surface area (Å²) in [5.74, 6) is 2.93. The van der Waals surface area contributed by atoms with Crippen molar-refractivity contribution in [3.63, 3.8) is 0 Å². The van der Waals surface area contributed by atoms with Crippen LogP contribution in [0.1, 0.15) is 79.7 Å². The monoisotopic (exact) mass is 420 g/mol. The normalized spacial score (nSPS) is 24.6. The van der Waals surface area contributed by atoms with Crippen molar-refractivity contribution in [2.24, 2.45) is 11.8 Å². The van der Waals surface area contributed by atoms with Crippen LogP contribution < -0.4 is 10.1 Å². The van der Waals surface area contributed by atoms with Crippen LogP contribution in [-0.2, 0) is 0 Å². The van der Waals surface area contributed by atoms with E-state index in [-0.39, 0.29) is 25.4 Å². The largest absolute Gasteiger partial charge is 0.490 e. The first-order valence-electron chi connectivity index (χ1n) is 11.1. The van der Waals surface area contributed by atoms with E-state index in [1.165, 1.54) is 0 Å². The molecular weight excluding hydrogens is 388 g/mol. The van der Waals surface area contributed by atoms with Gasteiger partial charge in [0.2, 0.25) is 0 Å². The van der Waals surface area contributed by atoms with Crippen LogP contribution in [0.2, 0.25) is 0 Å². The van der Waals surface area contributed by atoms with Gasteiger partial charge in [-0.15, -0.1) is 0 Å². The van der Waals surface area contributed by atoms with E-state index in [1.807, 2.05) is 39.8 Å². The molecule has 0 spiro atoms. The average molecular weight is 421 g/mol. The van der Waals surface area contributed by atoms with Gasteiger partial charge >= 0.3 is 0 Å². The molecule has 2 saturated carbocycles. The molecule has 31 heavy (non-hydrogen) atoms. The number of hydrogen-bond acceptors (Lipinski definition) is 5. The first-order valence-corrected chi connectivity index (χ1v) is 11.1.